The van der Waals surface area contributed by atoms with Gasteiger partial charge in [0.2, 0.25) is 0 Å². The first-order valence-electron chi connectivity index (χ1n) is 8.95. The Morgan fingerprint density at radius 2 is 1.64 bits per heavy atom. The van der Waals surface area contributed by atoms with Crippen molar-refractivity contribution in [1.29, 1.82) is 5.26 Å². The molecule has 0 saturated carbocycles. The van der Waals surface area contributed by atoms with Crippen molar-refractivity contribution in [2.45, 2.75) is 11.6 Å². The maximum atomic E-state index is 13.2. The molecule has 0 spiro atoms. The minimum absolute atomic E-state index is 0.0995. The number of benzene rings is 3. The minimum Gasteiger partial charge on any atom is -0.268 e. The molecule has 3 aromatic carbocycles. The number of nitrogens with zero attached hydrogens (tertiary/aromatic N) is 3. The molecule has 0 radical (unpaired) electrons. The van der Waals surface area contributed by atoms with E-state index < -0.39 is 0 Å². The van der Waals surface area contributed by atoms with E-state index in [9.17, 15) is 4.79 Å². The molecule has 0 aliphatic carbocycles. The van der Waals surface area contributed by atoms with Crippen LogP contribution in [0.4, 0.5) is 0 Å². The molecule has 0 N–H and O–H groups in total. The Hall–Kier alpha value is -3.36. The highest BCUT2D eigenvalue weighted by Gasteiger charge is 2.13. The van der Waals surface area contributed by atoms with Gasteiger partial charge in [-0.2, -0.15) is 5.26 Å². The summed E-state index contributed by atoms with van der Waals surface area (Å²) in [4.78, 5) is 17.9. The molecule has 0 unspecified atom stereocenters. The fraction of sp³-hybridized carbons (Fsp3) is 0.0870. The highest BCUT2D eigenvalue weighted by Crippen LogP contribution is 2.22. The number of fused-ring (bicyclic) bond motifs is 1. The average Bonchev–Trinajstić information content (AvgIpc) is 2.75. The molecule has 0 fully saturated rings. The van der Waals surface area contributed by atoms with Crippen molar-refractivity contribution < 1.29 is 0 Å². The fourth-order valence-corrected chi connectivity index (χ4v) is 4.03. The van der Waals surface area contributed by atoms with Gasteiger partial charge in [-0.05, 0) is 48.4 Å². The quantitative estimate of drug-likeness (QED) is 0.373. The van der Waals surface area contributed by atoms with Crippen LogP contribution >= 0.6 is 11.8 Å². The van der Waals surface area contributed by atoms with Crippen molar-refractivity contribution in [1.82, 2.24) is 9.55 Å². The Labute approximate surface area is 167 Å². The summed E-state index contributed by atoms with van der Waals surface area (Å²) >= 11 is 1.56. The van der Waals surface area contributed by atoms with Crippen LogP contribution < -0.4 is 5.56 Å². The number of para-hydroxylation sites is 1. The number of thioether (sulfide) groups is 1. The van der Waals surface area contributed by atoms with E-state index in [-0.39, 0.29) is 5.56 Å². The summed E-state index contributed by atoms with van der Waals surface area (Å²) in [7, 11) is 0. The smallest absolute Gasteiger partial charge is 0.266 e. The van der Waals surface area contributed by atoms with Gasteiger partial charge in [-0.15, -0.1) is 0 Å². The van der Waals surface area contributed by atoms with Crippen LogP contribution in [-0.2, 0) is 6.42 Å². The summed E-state index contributed by atoms with van der Waals surface area (Å²) in [6.45, 7) is 0. The fourth-order valence-electron chi connectivity index (χ4n) is 3.03. The lowest BCUT2D eigenvalue weighted by Crippen LogP contribution is -2.21. The zero-order chi connectivity index (χ0) is 19.3. The van der Waals surface area contributed by atoms with Crippen LogP contribution in [0.3, 0.4) is 0 Å². The van der Waals surface area contributed by atoms with Crippen LogP contribution in [0.2, 0.25) is 0 Å². The van der Waals surface area contributed by atoms with Gasteiger partial charge in [-0.1, -0.05) is 54.2 Å². The maximum absolute atomic E-state index is 13.2. The van der Waals surface area contributed by atoms with Crippen molar-refractivity contribution in [3.63, 3.8) is 0 Å². The second-order valence-electron chi connectivity index (χ2n) is 6.29. The molecule has 4 rings (SSSR count). The van der Waals surface area contributed by atoms with Gasteiger partial charge in [0, 0.05) is 5.75 Å². The summed E-state index contributed by atoms with van der Waals surface area (Å²) in [6, 6.07) is 26.8. The molecule has 0 aliphatic rings. The largest absolute Gasteiger partial charge is 0.268 e. The van der Waals surface area contributed by atoms with E-state index >= 15 is 0 Å². The lowest BCUT2D eigenvalue weighted by Gasteiger charge is -2.13. The van der Waals surface area contributed by atoms with Crippen LogP contribution in [0.25, 0.3) is 16.6 Å². The molecule has 0 amide bonds. The van der Waals surface area contributed by atoms with Gasteiger partial charge in [0.05, 0.1) is 28.2 Å². The van der Waals surface area contributed by atoms with Crippen molar-refractivity contribution in [2.24, 2.45) is 0 Å². The second kappa shape index (κ2) is 8.12. The Bertz CT molecular complexity index is 1210. The van der Waals surface area contributed by atoms with Gasteiger partial charge in [0.1, 0.15) is 0 Å². The van der Waals surface area contributed by atoms with Gasteiger partial charge in [0.25, 0.3) is 5.56 Å². The molecule has 136 valence electrons. The Morgan fingerprint density at radius 1 is 0.929 bits per heavy atom. The van der Waals surface area contributed by atoms with Crippen molar-refractivity contribution >= 4 is 22.7 Å². The molecule has 28 heavy (non-hydrogen) atoms. The number of aryl methyl sites for hydroxylation is 1. The molecule has 0 atom stereocenters. The third kappa shape index (κ3) is 3.68. The van der Waals surface area contributed by atoms with Crippen molar-refractivity contribution in [3.8, 4) is 11.8 Å². The highest BCUT2D eigenvalue weighted by molar-refractivity contribution is 7.99. The van der Waals surface area contributed by atoms with Gasteiger partial charge < -0.3 is 0 Å². The molecule has 1 heterocycles. The molecule has 1 aromatic heterocycles. The van der Waals surface area contributed by atoms with E-state index in [2.05, 4.69) is 18.2 Å². The van der Waals surface area contributed by atoms with Crippen LogP contribution in [0.1, 0.15) is 11.1 Å². The maximum Gasteiger partial charge on any atom is 0.266 e. The topological polar surface area (TPSA) is 58.7 Å². The van der Waals surface area contributed by atoms with Gasteiger partial charge >= 0.3 is 0 Å². The summed E-state index contributed by atoms with van der Waals surface area (Å²) in [5.41, 5.74) is 3.12. The number of rotatable bonds is 5. The third-order valence-electron chi connectivity index (χ3n) is 4.46. The highest BCUT2D eigenvalue weighted by atomic mass is 32.2. The van der Waals surface area contributed by atoms with Crippen LogP contribution in [0, 0.1) is 11.3 Å². The van der Waals surface area contributed by atoms with Gasteiger partial charge in [-0.3, -0.25) is 9.36 Å². The van der Waals surface area contributed by atoms with E-state index in [0.29, 0.717) is 27.3 Å². The van der Waals surface area contributed by atoms with Crippen molar-refractivity contribution in [2.75, 3.05) is 5.75 Å². The van der Waals surface area contributed by atoms with E-state index in [1.807, 2.05) is 36.4 Å². The average molecular weight is 383 g/mol. The van der Waals surface area contributed by atoms with Crippen LogP contribution in [0.5, 0.6) is 0 Å². The minimum atomic E-state index is -0.0995. The zero-order valence-electron chi connectivity index (χ0n) is 15.1. The Kier molecular flexibility index (Phi) is 5.22. The van der Waals surface area contributed by atoms with E-state index in [1.165, 1.54) is 5.56 Å². The standard InChI is InChI=1S/C23H17N3OS/c24-16-18-10-12-19(13-11-18)26-22(27)20-8-4-5-9-21(20)25-23(26)28-15-14-17-6-2-1-3-7-17/h1-13H,14-15H2. The molecule has 0 bridgehead atoms. The lowest BCUT2D eigenvalue weighted by molar-refractivity contribution is 0.819. The molecule has 4 aromatic rings. The number of aromatic nitrogens is 2. The first-order chi connectivity index (χ1) is 13.8. The SMILES string of the molecule is N#Cc1ccc(-n2c(SCCc3ccccc3)nc3ccccc3c2=O)cc1. The number of hydrogen-bond donors (Lipinski definition) is 0. The monoisotopic (exact) mass is 383 g/mol. The molecule has 4 nitrogen and oxygen atoms in total. The normalized spacial score (nSPS) is 10.7. The predicted octanol–water partition coefficient (Wildman–Crippen LogP) is 4.59. The molecular weight excluding hydrogens is 366 g/mol. The number of nitriles is 1. The second-order valence-corrected chi connectivity index (χ2v) is 7.36. The first kappa shape index (κ1) is 18.0. The van der Waals surface area contributed by atoms with Crippen molar-refractivity contribution in [3.05, 3.63) is 100 Å². The zero-order valence-corrected chi connectivity index (χ0v) is 15.9. The summed E-state index contributed by atoms with van der Waals surface area (Å²) in [5.74, 6) is 0.811. The van der Waals surface area contributed by atoms with E-state index in [4.69, 9.17) is 10.2 Å². The summed E-state index contributed by atoms with van der Waals surface area (Å²) in [6.07, 6.45) is 0.890. The predicted molar refractivity (Wildman–Crippen MR) is 113 cm³/mol. The van der Waals surface area contributed by atoms with Gasteiger partial charge in [-0.25, -0.2) is 4.98 Å². The van der Waals surface area contributed by atoms with Crippen LogP contribution in [0.15, 0.2) is 88.8 Å². The Morgan fingerprint density at radius 3 is 2.39 bits per heavy atom. The number of hydrogen-bond acceptors (Lipinski definition) is 4. The summed E-state index contributed by atoms with van der Waals surface area (Å²) in [5, 5.41) is 10.3. The molecule has 0 aliphatic heterocycles. The Balaban J connectivity index is 1.74. The third-order valence-corrected chi connectivity index (χ3v) is 5.40. The summed E-state index contributed by atoms with van der Waals surface area (Å²) < 4.78 is 1.64. The molecule has 0 saturated heterocycles. The first-order valence-corrected chi connectivity index (χ1v) is 9.94. The van der Waals surface area contributed by atoms with Crippen LogP contribution in [-0.4, -0.2) is 15.3 Å². The van der Waals surface area contributed by atoms with E-state index in [1.54, 1.807) is 46.7 Å². The lowest BCUT2D eigenvalue weighted by atomic mass is 10.2. The molecule has 5 heteroatoms. The van der Waals surface area contributed by atoms with E-state index in [0.717, 1.165) is 12.2 Å². The molecular formula is C23H17N3OS. The van der Waals surface area contributed by atoms with Gasteiger partial charge in [0.15, 0.2) is 5.16 Å².